The van der Waals surface area contributed by atoms with Crippen LogP contribution in [0.1, 0.15) is 24.1 Å². The molecule has 3 aromatic rings. The summed E-state index contributed by atoms with van der Waals surface area (Å²) in [6.07, 6.45) is 3.82. The number of thiophene rings is 1. The summed E-state index contributed by atoms with van der Waals surface area (Å²) in [5.41, 5.74) is -0.189. The molecule has 0 spiro atoms. The van der Waals surface area contributed by atoms with E-state index in [0.717, 1.165) is 35.2 Å². The molecule has 1 aliphatic rings. The number of carbonyl (C=O) groups is 1. The largest absolute Gasteiger partial charge is 0.497 e. The van der Waals surface area contributed by atoms with E-state index in [0.29, 0.717) is 40.0 Å². The Hall–Kier alpha value is -2.96. The first-order valence-electron chi connectivity index (χ1n) is 10.8. The van der Waals surface area contributed by atoms with Crippen LogP contribution in [0.15, 0.2) is 34.2 Å². The molecule has 0 saturated carbocycles. The van der Waals surface area contributed by atoms with Crippen LogP contribution in [-0.2, 0) is 21.4 Å². The van der Waals surface area contributed by atoms with Crippen LogP contribution in [-0.4, -0.2) is 55.5 Å². The maximum atomic E-state index is 13.4. The highest BCUT2D eigenvalue weighted by atomic mass is 32.2. The Morgan fingerprint density at radius 1 is 1.18 bits per heavy atom. The Labute approximate surface area is 201 Å². The molecule has 1 N–H and O–H groups in total. The zero-order valence-corrected chi connectivity index (χ0v) is 20.8. The fraction of sp³-hybridized carbons (Fsp3) is 0.409. The molecule has 0 atom stereocenters. The maximum absolute atomic E-state index is 13.4. The van der Waals surface area contributed by atoms with E-state index in [-0.39, 0.29) is 16.8 Å². The molecule has 1 saturated heterocycles. The van der Waals surface area contributed by atoms with Gasteiger partial charge < -0.3 is 14.8 Å². The lowest BCUT2D eigenvalue weighted by atomic mass is 10.2. The number of nitrogens with zero attached hydrogens (tertiary/aromatic N) is 3. The Kier molecular flexibility index (Phi) is 6.91. The highest BCUT2D eigenvalue weighted by molar-refractivity contribution is 7.89. The number of carbonyl (C=O) groups excluding carboxylic acids is 1. The number of anilines is 1. The van der Waals surface area contributed by atoms with Crippen LogP contribution in [0.2, 0.25) is 0 Å². The van der Waals surface area contributed by atoms with Crippen LogP contribution in [0.5, 0.6) is 11.5 Å². The number of benzene rings is 1. The second-order valence-corrected chi connectivity index (χ2v) is 11.0. The minimum absolute atomic E-state index is 0.00359. The van der Waals surface area contributed by atoms with Gasteiger partial charge in [-0.1, -0.05) is 6.42 Å². The molecule has 1 fully saturated rings. The number of aromatic nitrogens is 2. The van der Waals surface area contributed by atoms with Crippen LogP contribution in [0.25, 0.3) is 10.2 Å². The summed E-state index contributed by atoms with van der Waals surface area (Å²) in [5.74, 6) is 0.457. The summed E-state index contributed by atoms with van der Waals surface area (Å²) < 4.78 is 39.8. The molecule has 12 heteroatoms. The van der Waals surface area contributed by atoms with Gasteiger partial charge in [-0.15, -0.1) is 11.3 Å². The number of piperidine rings is 1. The number of methoxy groups -OCH3 is 2. The van der Waals surface area contributed by atoms with Crippen molar-refractivity contribution in [1.29, 1.82) is 0 Å². The van der Waals surface area contributed by atoms with Gasteiger partial charge in [-0.2, -0.15) is 4.31 Å². The third kappa shape index (κ3) is 4.52. The number of nitrogens with one attached hydrogen (secondary N) is 1. The second-order valence-electron chi connectivity index (χ2n) is 7.92. The van der Waals surface area contributed by atoms with Gasteiger partial charge in [0.05, 0.1) is 31.6 Å². The van der Waals surface area contributed by atoms with Crippen molar-refractivity contribution in [3.8, 4) is 11.5 Å². The summed E-state index contributed by atoms with van der Waals surface area (Å²) in [6, 6.07) is 4.95. The molecule has 182 valence electrons. The first-order chi connectivity index (χ1) is 16.3. The monoisotopic (exact) mass is 506 g/mol. The standard InChI is InChI=1S/C22H26N4O6S2/c1-14-20(34(29,30)26-9-5-4-6-10-26)19-21(33-14)23-13-25(22(19)28)12-18(27)24-16-11-15(31-2)7-8-17(16)32-3/h7-8,11,13H,4-6,9-10,12H2,1-3H3,(H,24,27). The number of fused-ring (bicyclic) bond motifs is 1. The summed E-state index contributed by atoms with van der Waals surface area (Å²) >= 11 is 1.16. The summed E-state index contributed by atoms with van der Waals surface area (Å²) in [6.45, 7) is 2.19. The number of hydrogen-bond acceptors (Lipinski definition) is 8. The number of sulfonamides is 1. The molecule has 1 aromatic carbocycles. The third-order valence-electron chi connectivity index (χ3n) is 5.71. The lowest BCUT2D eigenvalue weighted by Crippen LogP contribution is -2.36. The number of aryl methyl sites for hydroxylation is 1. The average molecular weight is 507 g/mol. The Morgan fingerprint density at radius 3 is 2.59 bits per heavy atom. The van der Waals surface area contributed by atoms with Gasteiger partial charge in [0.1, 0.15) is 27.8 Å². The predicted octanol–water partition coefficient (Wildman–Crippen LogP) is 2.60. The Morgan fingerprint density at radius 2 is 1.91 bits per heavy atom. The van der Waals surface area contributed by atoms with Crippen molar-refractivity contribution in [3.63, 3.8) is 0 Å². The summed E-state index contributed by atoms with van der Waals surface area (Å²) in [4.78, 5) is 31.2. The van der Waals surface area contributed by atoms with Gasteiger partial charge in [0.15, 0.2) is 0 Å². The fourth-order valence-corrected chi connectivity index (χ4v) is 7.21. The molecular formula is C22H26N4O6S2. The van der Waals surface area contributed by atoms with Crippen LogP contribution < -0.4 is 20.3 Å². The smallest absolute Gasteiger partial charge is 0.263 e. The van der Waals surface area contributed by atoms with E-state index in [1.165, 1.54) is 24.9 Å². The average Bonchev–Trinajstić information content (AvgIpc) is 3.18. The van der Waals surface area contributed by atoms with Gasteiger partial charge in [-0.3, -0.25) is 14.2 Å². The van der Waals surface area contributed by atoms with Crippen molar-refractivity contribution in [1.82, 2.24) is 13.9 Å². The van der Waals surface area contributed by atoms with E-state index in [9.17, 15) is 18.0 Å². The minimum Gasteiger partial charge on any atom is -0.497 e. The number of hydrogen-bond donors (Lipinski definition) is 1. The summed E-state index contributed by atoms with van der Waals surface area (Å²) in [7, 11) is -0.868. The van der Waals surface area contributed by atoms with Gasteiger partial charge in [-0.05, 0) is 31.9 Å². The molecule has 0 radical (unpaired) electrons. The van der Waals surface area contributed by atoms with Crippen molar-refractivity contribution in [2.24, 2.45) is 0 Å². The molecule has 0 unspecified atom stereocenters. The van der Waals surface area contributed by atoms with Crippen molar-refractivity contribution in [2.75, 3.05) is 32.6 Å². The molecular weight excluding hydrogens is 480 g/mol. The first kappa shape index (κ1) is 24.2. The quantitative estimate of drug-likeness (QED) is 0.523. The second kappa shape index (κ2) is 9.72. The molecule has 0 aliphatic carbocycles. The van der Waals surface area contributed by atoms with Gasteiger partial charge in [0.2, 0.25) is 15.9 Å². The molecule has 1 aliphatic heterocycles. The van der Waals surface area contributed by atoms with Crippen molar-refractivity contribution < 1.29 is 22.7 Å². The zero-order valence-electron chi connectivity index (χ0n) is 19.2. The van der Waals surface area contributed by atoms with Gasteiger partial charge >= 0.3 is 0 Å². The lowest BCUT2D eigenvalue weighted by Gasteiger charge is -2.25. The zero-order chi connectivity index (χ0) is 24.5. The highest BCUT2D eigenvalue weighted by Gasteiger charge is 2.32. The van der Waals surface area contributed by atoms with Gasteiger partial charge in [-0.25, -0.2) is 13.4 Å². The van der Waals surface area contributed by atoms with E-state index in [2.05, 4.69) is 10.3 Å². The van der Waals surface area contributed by atoms with E-state index < -0.39 is 21.5 Å². The Bertz CT molecular complexity index is 1390. The fourth-order valence-electron chi connectivity index (χ4n) is 4.03. The van der Waals surface area contributed by atoms with Crippen LogP contribution >= 0.6 is 11.3 Å². The third-order valence-corrected chi connectivity index (χ3v) is 8.92. The van der Waals surface area contributed by atoms with Crippen molar-refractivity contribution in [2.45, 2.75) is 37.6 Å². The summed E-state index contributed by atoms with van der Waals surface area (Å²) in [5, 5.41) is 2.74. The number of rotatable bonds is 7. The first-order valence-corrected chi connectivity index (χ1v) is 13.0. The number of ether oxygens (including phenoxy) is 2. The van der Waals surface area contributed by atoms with Crippen molar-refractivity contribution in [3.05, 3.63) is 39.8 Å². The predicted molar refractivity (Wildman–Crippen MR) is 129 cm³/mol. The lowest BCUT2D eigenvalue weighted by molar-refractivity contribution is -0.116. The van der Waals surface area contributed by atoms with E-state index in [1.54, 1.807) is 25.1 Å². The Balaban J connectivity index is 1.68. The van der Waals surface area contributed by atoms with E-state index in [1.807, 2.05) is 0 Å². The molecule has 3 heterocycles. The van der Waals surface area contributed by atoms with E-state index >= 15 is 0 Å². The molecule has 2 aromatic heterocycles. The van der Waals surface area contributed by atoms with Crippen LogP contribution in [0.4, 0.5) is 5.69 Å². The van der Waals surface area contributed by atoms with Crippen LogP contribution in [0, 0.1) is 6.92 Å². The van der Waals surface area contributed by atoms with Gasteiger partial charge in [0.25, 0.3) is 5.56 Å². The topological polar surface area (TPSA) is 120 Å². The normalized spacial score (nSPS) is 14.8. The molecule has 4 rings (SSSR count). The van der Waals surface area contributed by atoms with Gasteiger partial charge in [0, 0.05) is 24.0 Å². The molecule has 10 nitrogen and oxygen atoms in total. The number of amides is 1. The van der Waals surface area contributed by atoms with Crippen LogP contribution in [0.3, 0.4) is 0 Å². The SMILES string of the molecule is COc1ccc(OC)c(NC(=O)Cn2cnc3sc(C)c(S(=O)(=O)N4CCCCC4)c3c2=O)c1. The minimum atomic E-state index is -3.85. The van der Waals surface area contributed by atoms with Crippen molar-refractivity contribution >= 4 is 43.2 Å². The molecule has 0 bridgehead atoms. The maximum Gasteiger partial charge on any atom is 0.263 e. The highest BCUT2D eigenvalue weighted by Crippen LogP contribution is 2.34. The van der Waals surface area contributed by atoms with E-state index in [4.69, 9.17) is 9.47 Å². The molecule has 34 heavy (non-hydrogen) atoms. The molecule has 1 amide bonds.